The summed E-state index contributed by atoms with van der Waals surface area (Å²) in [7, 11) is 0. The Labute approximate surface area is 378 Å². The van der Waals surface area contributed by atoms with Crippen molar-refractivity contribution in [3.8, 4) is 55.6 Å². The van der Waals surface area contributed by atoms with Gasteiger partial charge in [-0.25, -0.2) is 0 Å². The summed E-state index contributed by atoms with van der Waals surface area (Å²) in [5.74, 6) is 0. The van der Waals surface area contributed by atoms with Crippen molar-refractivity contribution < 1.29 is 4.42 Å². The Morgan fingerprint density at radius 2 is 0.862 bits per heavy atom. The van der Waals surface area contributed by atoms with Crippen LogP contribution >= 0.6 is 0 Å². The van der Waals surface area contributed by atoms with E-state index in [1.165, 1.54) is 132 Å². The molecule has 0 bridgehead atoms. The monoisotopic (exact) mass is 828 g/mol. The summed E-state index contributed by atoms with van der Waals surface area (Å²) in [5.41, 5.74) is 20.1. The van der Waals surface area contributed by atoms with E-state index in [0.29, 0.717) is 0 Å². The van der Waals surface area contributed by atoms with Gasteiger partial charge in [0, 0.05) is 21.6 Å². The molecule has 306 valence electrons. The third-order valence-corrected chi connectivity index (χ3v) is 15.4. The molecule has 0 amide bonds. The van der Waals surface area contributed by atoms with Crippen LogP contribution in [0, 0.1) is 0 Å². The van der Waals surface area contributed by atoms with Gasteiger partial charge in [0.2, 0.25) is 0 Å². The van der Waals surface area contributed by atoms with E-state index in [2.05, 4.69) is 216 Å². The van der Waals surface area contributed by atoms with Crippen LogP contribution in [0.1, 0.15) is 49.9 Å². The molecule has 0 fully saturated rings. The Hall–Kier alpha value is -7.74. The van der Waals surface area contributed by atoms with Crippen molar-refractivity contribution in [2.75, 3.05) is 0 Å². The molecule has 14 rings (SSSR count). The first-order chi connectivity index (χ1) is 31.7. The van der Waals surface area contributed by atoms with E-state index in [-0.39, 0.29) is 10.8 Å². The fraction of sp³-hybridized carbons (Fsp3) is 0.0938. The van der Waals surface area contributed by atoms with E-state index in [0.717, 1.165) is 11.2 Å². The SMILES string of the molecule is CC1(C)c2cc(-c3ccc4c(c3)-c3ccc5cc6oc7ccccc7c6cc5c3C4(C)C)ccc2-c2ccc(-c3c4ccccc4c(-c4cccc5ccccc45)c4ccccc34)cc21. The maximum atomic E-state index is 6.31. The van der Waals surface area contributed by atoms with Gasteiger partial charge in [-0.15, -0.1) is 0 Å². The number of para-hydroxylation sites is 1. The topological polar surface area (TPSA) is 13.1 Å². The van der Waals surface area contributed by atoms with E-state index in [4.69, 9.17) is 4.42 Å². The molecule has 1 aromatic heterocycles. The van der Waals surface area contributed by atoms with Crippen LogP contribution in [-0.4, -0.2) is 0 Å². The van der Waals surface area contributed by atoms with Gasteiger partial charge in [0.1, 0.15) is 11.2 Å². The lowest BCUT2D eigenvalue weighted by Crippen LogP contribution is -2.15. The molecule has 0 radical (unpaired) electrons. The minimum Gasteiger partial charge on any atom is -0.456 e. The summed E-state index contributed by atoms with van der Waals surface area (Å²) in [6.45, 7) is 9.61. The summed E-state index contributed by atoms with van der Waals surface area (Å²) in [5, 5.41) is 12.5. The number of benzene rings is 11. The van der Waals surface area contributed by atoms with Crippen LogP contribution < -0.4 is 0 Å². The number of rotatable bonds is 3. The van der Waals surface area contributed by atoms with Gasteiger partial charge in [-0.05, 0) is 157 Å². The Balaban J connectivity index is 0.882. The highest BCUT2D eigenvalue weighted by atomic mass is 16.3. The first kappa shape index (κ1) is 36.7. The average molecular weight is 829 g/mol. The van der Waals surface area contributed by atoms with E-state index >= 15 is 0 Å². The lowest BCUT2D eigenvalue weighted by molar-refractivity contribution is 0.661. The van der Waals surface area contributed by atoms with Gasteiger partial charge < -0.3 is 4.42 Å². The Morgan fingerprint density at radius 3 is 1.60 bits per heavy atom. The maximum absolute atomic E-state index is 6.31. The molecule has 0 N–H and O–H groups in total. The standard InChI is InChI=1S/C64H44O/c1-63(2)56-33-39(38-27-31-55-53(32-38)51-30-25-40-35-59-54(36-52(40)62(51)64(55,3)4)45-17-11-12-23-58(45)65-59)24-28-43(56)44-29-26-41(34-57(44)63)60-47-18-7-9-20-49(47)61(50-21-10-8-19-48(50)60)46-22-13-15-37-14-5-6-16-42(37)46/h5-36H,1-4H3. The van der Waals surface area contributed by atoms with E-state index in [1.54, 1.807) is 0 Å². The van der Waals surface area contributed by atoms with Crippen LogP contribution in [0.3, 0.4) is 0 Å². The van der Waals surface area contributed by atoms with Crippen molar-refractivity contribution in [2.45, 2.75) is 38.5 Å². The zero-order valence-electron chi connectivity index (χ0n) is 36.9. The molecule has 1 nitrogen and oxygen atoms in total. The zero-order valence-corrected chi connectivity index (χ0v) is 36.9. The third-order valence-electron chi connectivity index (χ3n) is 15.4. The lowest BCUT2D eigenvalue weighted by atomic mass is 9.79. The summed E-state index contributed by atoms with van der Waals surface area (Å²) < 4.78 is 6.31. The number of furan rings is 1. The second-order valence-electron chi connectivity index (χ2n) is 19.6. The molecule has 1 heterocycles. The summed E-state index contributed by atoms with van der Waals surface area (Å²) in [6.07, 6.45) is 0. The minimum atomic E-state index is -0.196. The second-order valence-corrected chi connectivity index (χ2v) is 19.6. The van der Waals surface area contributed by atoms with Crippen molar-refractivity contribution in [3.63, 3.8) is 0 Å². The fourth-order valence-electron chi connectivity index (χ4n) is 12.3. The van der Waals surface area contributed by atoms with Gasteiger partial charge in [0.05, 0.1) is 0 Å². The largest absolute Gasteiger partial charge is 0.456 e. The Kier molecular flexibility index (Phi) is 7.30. The van der Waals surface area contributed by atoms with Crippen molar-refractivity contribution in [3.05, 3.63) is 216 Å². The first-order valence-electron chi connectivity index (χ1n) is 23.0. The van der Waals surface area contributed by atoms with Gasteiger partial charge in [0.25, 0.3) is 0 Å². The first-order valence-corrected chi connectivity index (χ1v) is 23.0. The van der Waals surface area contributed by atoms with Gasteiger partial charge in [-0.2, -0.15) is 0 Å². The second kappa shape index (κ2) is 12.9. The van der Waals surface area contributed by atoms with E-state index in [9.17, 15) is 0 Å². The highest BCUT2D eigenvalue weighted by Gasteiger charge is 2.39. The van der Waals surface area contributed by atoms with Crippen LogP contribution in [0.2, 0.25) is 0 Å². The molecule has 0 spiro atoms. The van der Waals surface area contributed by atoms with Crippen molar-refractivity contribution >= 4 is 65.0 Å². The number of hydrogen-bond donors (Lipinski definition) is 0. The van der Waals surface area contributed by atoms with Crippen LogP contribution in [0.4, 0.5) is 0 Å². The Bertz CT molecular complexity index is 4000. The molecule has 11 aromatic carbocycles. The molecule has 0 saturated carbocycles. The quantitative estimate of drug-likeness (QED) is 0.162. The summed E-state index contributed by atoms with van der Waals surface area (Å²) in [4.78, 5) is 0. The number of hydrogen-bond acceptors (Lipinski definition) is 1. The normalized spacial score (nSPS) is 14.4. The minimum absolute atomic E-state index is 0.151. The van der Waals surface area contributed by atoms with Crippen LogP contribution in [-0.2, 0) is 10.8 Å². The van der Waals surface area contributed by atoms with Crippen molar-refractivity contribution in [1.82, 2.24) is 0 Å². The summed E-state index contributed by atoms with van der Waals surface area (Å²) >= 11 is 0. The average Bonchev–Trinajstić information content (AvgIpc) is 3.90. The fourth-order valence-corrected chi connectivity index (χ4v) is 12.3. The molecule has 65 heavy (non-hydrogen) atoms. The molecule has 2 aliphatic rings. The molecule has 2 aliphatic carbocycles. The number of fused-ring (bicyclic) bond motifs is 14. The Morgan fingerprint density at radius 1 is 0.292 bits per heavy atom. The molecule has 1 heteroatoms. The van der Waals surface area contributed by atoms with Crippen LogP contribution in [0.15, 0.2) is 199 Å². The lowest BCUT2D eigenvalue weighted by Gasteiger charge is -2.24. The molecule has 0 unspecified atom stereocenters. The van der Waals surface area contributed by atoms with E-state index in [1.807, 2.05) is 6.07 Å². The predicted octanol–water partition coefficient (Wildman–Crippen LogP) is 17.8. The molecule has 0 aliphatic heterocycles. The smallest absolute Gasteiger partial charge is 0.136 e. The summed E-state index contributed by atoms with van der Waals surface area (Å²) in [6, 6.07) is 72.8. The molecule has 0 saturated heterocycles. The van der Waals surface area contributed by atoms with Crippen molar-refractivity contribution in [2.24, 2.45) is 0 Å². The van der Waals surface area contributed by atoms with Crippen LogP contribution in [0.5, 0.6) is 0 Å². The van der Waals surface area contributed by atoms with E-state index < -0.39 is 0 Å². The predicted molar refractivity (Wildman–Crippen MR) is 275 cm³/mol. The molecular formula is C64H44O. The highest BCUT2D eigenvalue weighted by molar-refractivity contribution is 6.23. The van der Waals surface area contributed by atoms with Gasteiger partial charge in [-0.3, -0.25) is 0 Å². The van der Waals surface area contributed by atoms with Gasteiger partial charge >= 0.3 is 0 Å². The van der Waals surface area contributed by atoms with Crippen molar-refractivity contribution in [1.29, 1.82) is 0 Å². The van der Waals surface area contributed by atoms with Gasteiger partial charge in [-0.1, -0.05) is 185 Å². The zero-order chi connectivity index (χ0) is 43.3. The molecular weight excluding hydrogens is 785 g/mol. The maximum Gasteiger partial charge on any atom is 0.136 e. The highest BCUT2D eigenvalue weighted by Crippen LogP contribution is 2.55. The molecule has 12 aromatic rings. The molecule has 0 atom stereocenters. The van der Waals surface area contributed by atoms with Gasteiger partial charge in [0.15, 0.2) is 0 Å². The van der Waals surface area contributed by atoms with Crippen LogP contribution in [0.25, 0.3) is 121 Å². The third kappa shape index (κ3) is 4.99.